The molecule has 3 rings (SSSR count). The summed E-state index contributed by atoms with van der Waals surface area (Å²) in [7, 11) is 0. The Hall–Kier alpha value is -0.340. The van der Waals surface area contributed by atoms with Crippen molar-refractivity contribution >= 4 is 15.9 Å². The molecule has 0 amide bonds. The summed E-state index contributed by atoms with van der Waals surface area (Å²) in [6.07, 6.45) is 7.11. The van der Waals surface area contributed by atoms with Gasteiger partial charge in [0.15, 0.2) is 0 Å². The predicted octanol–water partition coefficient (Wildman–Crippen LogP) is 4.43. The first-order valence-corrected chi connectivity index (χ1v) is 8.10. The lowest BCUT2D eigenvalue weighted by Crippen LogP contribution is -2.27. The van der Waals surface area contributed by atoms with Crippen LogP contribution in [0.3, 0.4) is 0 Å². The van der Waals surface area contributed by atoms with Gasteiger partial charge >= 0.3 is 0 Å². The average Bonchev–Trinajstić information content (AvgIpc) is 3.16. The van der Waals surface area contributed by atoms with E-state index in [1.165, 1.54) is 61.8 Å². The van der Waals surface area contributed by atoms with Gasteiger partial charge in [-0.1, -0.05) is 40.9 Å². The molecular weight excluding hydrogens is 286 g/mol. The van der Waals surface area contributed by atoms with E-state index < -0.39 is 0 Å². The molecule has 18 heavy (non-hydrogen) atoms. The fourth-order valence-electron chi connectivity index (χ4n) is 3.22. The molecule has 1 aromatic rings. The molecule has 1 saturated heterocycles. The smallest absolute Gasteiger partial charge is 0.0175 e. The highest BCUT2D eigenvalue weighted by Crippen LogP contribution is 2.48. The molecule has 1 saturated carbocycles. The zero-order valence-corrected chi connectivity index (χ0v) is 12.5. The predicted molar refractivity (Wildman–Crippen MR) is 79.9 cm³/mol. The summed E-state index contributed by atoms with van der Waals surface area (Å²) >= 11 is 3.51. The van der Waals surface area contributed by atoms with Gasteiger partial charge in [0.2, 0.25) is 0 Å². The van der Waals surface area contributed by atoms with Crippen LogP contribution in [0.4, 0.5) is 0 Å². The van der Waals surface area contributed by atoms with E-state index in [1.54, 1.807) is 0 Å². The lowest BCUT2D eigenvalue weighted by atomic mass is 10.1. The lowest BCUT2D eigenvalue weighted by molar-refractivity contribution is 0.272. The second kappa shape index (κ2) is 5.75. The van der Waals surface area contributed by atoms with Crippen molar-refractivity contribution in [1.82, 2.24) is 4.90 Å². The highest BCUT2D eigenvalue weighted by molar-refractivity contribution is 9.10. The third kappa shape index (κ3) is 3.16. The summed E-state index contributed by atoms with van der Waals surface area (Å²) in [5.41, 5.74) is 1.54. The second-order valence-electron chi connectivity index (χ2n) is 5.87. The van der Waals surface area contributed by atoms with Crippen LogP contribution in [0.5, 0.6) is 0 Å². The van der Waals surface area contributed by atoms with Gasteiger partial charge in [0.25, 0.3) is 0 Å². The van der Waals surface area contributed by atoms with Gasteiger partial charge < -0.3 is 4.90 Å². The highest BCUT2D eigenvalue weighted by Gasteiger charge is 2.39. The van der Waals surface area contributed by atoms with E-state index in [4.69, 9.17) is 0 Å². The Morgan fingerprint density at radius 1 is 1.00 bits per heavy atom. The van der Waals surface area contributed by atoms with Crippen molar-refractivity contribution in [3.05, 3.63) is 34.3 Å². The maximum atomic E-state index is 3.51. The summed E-state index contributed by atoms with van der Waals surface area (Å²) < 4.78 is 1.19. The molecule has 2 heteroatoms. The molecule has 98 valence electrons. The first kappa shape index (κ1) is 12.7. The third-order valence-electron chi connectivity index (χ3n) is 4.41. The number of hydrogen-bond acceptors (Lipinski definition) is 1. The van der Waals surface area contributed by atoms with Gasteiger partial charge in [-0.2, -0.15) is 0 Å². The summed E-state index contributed by atoms with van der Waals surface area (Å²) in [5, 5.41) is 0. The Labute approximate surface area is 119 Å². The van der Waals surface area contributed by atoms with E-state index in [0.717, 1.165) is 11.8 Å². The number of benzene rings is 1. The van der Waals surface area contributed by atoms with E-state index in [9.17, 15) is 0 Å². The van der Waals surface area contributed by atoms with Crippen LogP contribution in [0.25, 0.3) is 0 Å². The molecule has 1 nitrogen and oxygen atoms in total. The quantitative estimate of drug-likeness (QED) is 0.798. The summed E-state index contributed by atoms with van der Waals surface area (Å²) in [4.78, 5) is 2.70. The molecule has 1 heterocycles. The van der Waals surface area contributed by atoms with Crippen molar-refractivity contribution < 1.29 is 0 Å². The monoisotopic (exact) mass is 307 g/mol. The number of rotatable bonds is 3. The van der Waals surface area contributed by atoms with Crippen LogP contribution >= 0.6 is 15.9 Å². The van der Waals surface area contributed by atoms with E-state index in [0.29, 0.717) is 0 Å². The van der Waals surface area contributed by atoms with E-state index in [1.807, 2.05) is 0 Å². The average molecular weight is 308 g/mol. The number of nitrogens with zero attached hydrogens (tertiary/aromatic N) is 1. The summed E-state index contributed by atoms with van der Waals surface area (Å²) in [6, 6.07) is 8.93. The van der Waals surface area contributed by atoms with Crippen LogP contribution in [0.15, 0.2) is 28.7 Å². The molecule has 0 aromatic heterocycles. The minimum Gasteiger partial charge on any atom is -0.303 e. The van der Waals surface area contributed by atoms with E-state index >= 15 is 0 Å². The van der Waals surface area contributed by atoms with Crippen molar-refractivity contribution in [3.8, 4) is 0 Å². The molecule has 2 fully saturated rings. The molecule has 1 aromatic carbocycles. The van der Waals surface area contributed by atoms with Gasteiger partial charge in [0, 0.05) is 11.0 Å². The number of likely N-dealkylation sites (tertiary alicyclic amines) is 1. The van der Waals surface area contributed by atoms with Gasteiger partial charge in [-0.3, -0.25) is 0 Å². The SMILES string of the molecule is Brc1ccc([C@@H]2C[C@@H]2CN2CCCCCC2)cc1. The molecule has 1 aliphatic heterocycles. The van der Waals surface area contributed by atoms with Gasteiger partial charge in [0.05, 0.1) is 0 Å². The maximum Gasteiger partial charge on any atom is 0.0175 e. The van der Waals surface area contributed by atoms with Gasteiger partial charge in [-0.15, -0.1) is 0 Å². The van der Waals surface area contributed by atoms with Crippen molar-refractivity contribution in [3.63, 3.8) is 0 Å². The van der Waals surface area contributed by atoms with E-state index in [2.05, 4.69) is 45.1 Å². The fourth-order valence-corrected chi connectivity index (χ4v) is 3.48. The molecule has 0 N–H and O–H groups in total. The van der Waals surface area contributed by atoms with Gasteiger partial charge in [0.1, 0.15) is 0 Å². The maximum absolute atomic E-state index is 3.51. The molecule has 1 aliphatic carbocycles. The van der Waals surface area contributed by atoms with Crippen molar-refractivity contribution in [2.24, 2.45) is 5.92 Å². The molecule has 0 spiro atoms. The zero-order chi connectivity index (χ0) is 12.4. The first-order chi connectivity index (χ1) is 8.83. The molecule has 2 atom stereocenters. The zero-order valence-electron chi connectivity index (χ0n) is 10.9. The summed E-state index contributed by atoms with van der Waals surface area (Å²) in [6.45, 7) is 4.01. The second-order valence-corrected chi connectivity index (χ2v) is 6.78. The summed E-state index contributed by atoms with van der Waals surface area (Å²) in [5.74, 6) is 1.76. The molecule has 2 aliphatic rings. The fraction of sp³-hybridized carbons (Fsp3) is 0.625. The Balaban J connectivity index is 1.52. The van der Waals surface area contributed by atoms with Gasteiger partial charge in [-0.25, -0.2) is 0 Å². The van der Waals surface area contributed by atoms with E-state index in [-0.39, 0.29) is 0 Å². The van der Waals surface area contributed by atoms with Gasteiger partial charge in [-0.05, 0) is 61.9 Å². The van der Waals surface area contributed by atoms with Crippen LogP contribution < -0.4 is 0 Å². The number of hydrogen-bond donors (Lipinski definition) is 0. The Kier molecular flexibility index (Phi) is 4.05. The first-order valence-electron chi connectivity index (χ1n) is 7.31. The minimum atomic E-state index is 0.835. The highest BCUT2D eigenvalue weighted by atomic mass is 79.9. The standard InChI is InChI=1S/C16H22BrN/c17-15-7-5-13(6-8-15)16-11-14(16)12-18-9-3-1-2-4-10-18/h5-8,14,16H,1-4,9-12H2/t14-,16+/m1/s1. The van der Waals surface area contributed by atoms with Crippen LogP contribution in [0.1, 0.15) is 43.6 Å². The Bertz CT molecular complexity index is 379. The number of halogens is 1. The lowest BCUT2D eigenvalue weighted by Gasteiger charge is -2.19. The Morgan fingerprint density at radius 2 is 1.67 bits per heavy atom. The van der Waals surface area contributed by atoms with Crippen LogP contribution in [0, 0.1) is 5.92 Å². The molecule has 0 unspecified atom stereocenters. The molecule has 0 bridgehead atoms. The largest absolute Gasteiger partial charge is 0.303 e. The van der Waals surface area contributed by atoms with Crippen LogP contribution in [0.2, 0.25) is 0 Å². The van der Waals surface area contributed by atoms with Crippen molar-refractivity contribution in [2.45, 2.75) is 38.0 Å². The Morgan fingerprint density at radius 3 is 2.33 bits per heavy atom. The van der Waals surface area contributed by atoms with Crippen molar-refractivity contribution in [2.75, 3.05) is 19.6 Å². The minimum absolute atomic E-state index is 0.835. The normalized spacial score (nSPS) is 28.9. The molecular formula is C16H22BrN. The van der Waals surface area contributed by atoms with Crippen LogP contribution in [-0.4, -0.2) is 24.5 Å². The third-order valence-corrected chi connectivity index (χ3v) is 4.94. The van der Waals surface area contributed by atoms with Crippen molar-refractivity contribution in [1.29, 1.82) is 0 Å². The van der Waals surface area contributed by atoms with Crippen LogP contribution in [-0.2, 0) is 0 Å². The molecule has 0 radical (unpaired) electrons. The topological polar surface area (TPSA) is 3.24 Å².